The summed E-state index contributed by atoms with van der Waals surface area (Å²) in [7, 11) is -3.67. The Morgan fingerprint density at radius 1 is 1.63 bits per heavy atom. The van der Waals surface area contributed by atoms with E-state index < -0.39 is 10.0 Å². The van der Waals surface area contributed by atoms with Gasteiger partial charge in [0, 0.05) is 30.5 Å². The number of hydrogen-bond acceptors (Lipinski definition) is 5. The molecule has 0 aromatic carbocycles. The summed E-state index contributed by atoms with van der Waals surface area (Å²) in [6.45, 7) is 4.37. The maximum absolute atomic E-state index is 12.3. The Morgan fingerprint density at radius 2 is 2.37 bits per heavy atom. The molecule has 0 amide bonds. The lowest BCUT2D eigenvalue weighted by atomic mass is 10.1. The number of ether oxygens (including phenoxy) is 1. The number of nitrogens with two attached hydrogens (primary N) is 1. The van der Waals surface area contributed by atoms with E-state index in [1.807, 2.05) is 0 Å². The van der Waals surface area contributed by atoms with Crippen LogP contribution in [0.25, 0.3) is 0 Å². The van der Waals surface area contributed by atoms with Crippen LogP contribution in [0.1, 0.15) is 31.0 Å². The van der Waals surface area contributed by atoms with Crippen molar-refractivity contribution in [1.82, 2.24) is 14.9 Å². The third-order valence-corrected chi connectivity index (χ3v) is 4.89. The minimum Gasteiger partial charge on any atom is -0.377 e. The van der Waals surface area contributed by atoms with Gasteiger partial charge in [-0.15, -0.1) is 0 Å². The average Bonchev–Trinajstić information content (AvgIpc) is 2.96. The number of sulfonamides is 1. The number of rotatable bonds is 5. The fraction of sp³-hybridized carbons (Fsp3) is 0.727. The first-order valence-electron chi connectivity index (χ1n) is 6.33. The second-order valence-corrected chi connectivity index (χ2v) is 6.43. The van der Waals surface area contributed by atoms with E-state index in [-0.39, 0.29) is 23.7 Å². The lowest BCUT2D eigenvalue weighted by Gasteiger charge is -2.19. The van der Waals surface area contributed by atoms with Crippen molar-refractivity contribution in [2.45, 2.75) is 50.4 Å². The highest BCUT2D eigenvalue weighted by atomic mass is 32.2. The van der Waals surface area contributed by atoms with Gasteiger partial charge in [-0.05, 0) is 26.7 Å². The number of aromatic nitrogens is 2. The average molecular weight is 288 g/mol. The Kier molecular flexibility index (Phi) is 4.24. The Hall–Kier alpha value is -0.960. The minimum atomic E-state index is -3.67. The number of H-pyrrole nitrogens is 1. The lowest BCUT2D eigenvalue weighted by molar-refractivity contribution is 0.0902. The van der Waals surface area contributed by atoms with Crippen LogP contribution >= 0.6 is 0 Å². The van der Waals surface area contributed by atoms with Gasteiger partial charge in [0.2, 0.25) is 0 Å². The summed E-state index contributed by atoms with van der Waals surface area (Å²) >= 11 is 0. The molecule has 2 unspecified atom stereocenters. The van der Waals surface area contributed by atoms with Crippen LogP contribution in [0, 0.1) is 6.92 Å². The number of aromatic amines is 1. The largest absolute Gasteiger partial charge is 0.377 e. The maximum Gasteiger partial charge on any atom is 0.260 e. The highest BCUT2D eigenvalue weighted by Crippen LogP contribution is 2.19. The second kappa shape index (κ2) is 5.58. The summed E-state index contributed by atoms with van der Waals surface area (Å²) in [5, 5.41) is 6.48. The topological polar surface area (TPSA) is 110 Å². The zero-order valence-electron chi connectivity index (χ0n) is 11.1. The standard InChI is InChI=1S/C11H20N4O3S/c1-7-9(6-12)11(14-13-7)19(16,17)15-8(2)10-4-3-5-18-10/h8,10,15H,3-6,12H2,1-2H3,(H,13,14). The highest BCUT2D eigenvalue weighted by molar-refractivity contribution is 7.89. The number of hydrogen-bond donors (Lipinski definition) is 3. The first-order chi connectivity index (χ1) is 8.95. The van der Waals surface area contributed by atoms with Crippen molar-refractivity contribution in [2.75, 3.05) is 6.61 Å². The van der Waals surface area contributed by atoms with E-state index in [9.17, 15) is 8.42 Å². The first kappa shape index (κ1) is 14.4. The SMILES string of the molecule is Cc1[nH]nc(S(=O)(=O)NC(C)C2CCCO2)c1CN. The van der Waals surface area contributed by atoms with Crippen LogP contribution in [0.4, 0.5) is 0 Å². The Morgan fingerprint density at radius 3 is 2.95 bits per heavy atom. The van der Waals surface area contributed by atoms with E-state index in [1.165, 1.54) is 0 Å². The molecule has 1 aromatic heterocycles. The predicted octanol–water partition coefficient (Wildman–Crippen LogP) is 0.0226. The van der Waals surface area contributed by atoms with Crippen molar-refractivity contribution < 1.29 is 13.2 Å². The minimum absolute atomic E-state index is 0.0163. The van der Waals surface area contributed by atoms with Crippen LogP contribution in [0.2, 0.25) is 0 Å². The monoisotopic (exact) mass is 288 g/mol. The van der Waals surface area contributed by atoms with Crippen molar-refractivity contribution in [1.29, 1.82) is 0 Å². The quantitative estimate of drug-likeness (QED) is 0.707. The van der Waals surface area contributed by atoms with Gasteiger partial charge in [0.15, 0.2) is 5.03 Å². The van der Waals surface area contributed by atoms with Gasteiger partial charge in [-0.2, -0.15) is 5.10 Å². The number of aryl methyl sites for hydroxylation is 1. The van der Waals surface area contributed by atoms with Crippen molar-refractivity contribution in [3.8, 4) is 0 Å². The van der Waals surface area contributed by atoms with Gasteiger partial charge in [-0.3, -0.25) is 5.10 Å². The third kappa shape index (κ3) is 2.97. The van der Waals surface area contributed by atoms with E-state index >= 15 is 0 Å². The Labute approximate surface area is 113 Å². The van der Waals surface area contributed by atoms with Gasteiger partial charge in [0.25, 0.3) is 10.0 Å². The first-order valence-corrected chi connectivity index (χ1v) is 7.82. The van der Waals surface area contributed by atoms with Crippen LogP contribution in [0.5, 0.6) is 0 Å². The molecule has 1 aromatic rings. The predicted molar refractivity (Wildman–Crippen MR) is 70.0 cm³/mol. The molecule has 4 N–H and O–H groups in total. The van der Waals surface area contributed by atoms with Crippen LogP contribution in [0.15, 0.2) is 5.03 Å². The van der Waals surface area contributed by atoms with Crippen molar-refractivity contribution in [2.24, 2.45) is 5.73 Å². The molecule has 7 nitrogen and oxygen atoms in total. The molecular formula is C11H20N4O3S. The molecule has 1 aliphatic rings. The summed E-state index contributed by atoms with van der Waals surface area (Å²) in [6, 6.07) is -0.282. The van der Waals surface area contributed by atoms with Crippen molar-refractivity contribution >= 4 is 10.0 Å². The Bertz CT molecular complexity index is 534. The zero-order chi connectivity index (χ0) is 14.0. The summed E-state index contributed by atoms with van der Waals surface area (Å²) in [5.41, 5.74) is 6.76. The molecule has 0 spiro atoms. The lowest BCUT2D eigenvalue weighted by Crippen LogP contribution is -2.41. The molecule has 1 fully saturated rings. The van der Waals surface area contributed by atoms with E-state index in [0.717, 1.165) is 12.8 Å². The molecule has 0 aliphatic carbocycles. The molecule has 0 saturated carbocycles. The van der Waals surface area contributed by atoms with E-state index in [0.29, 0.717) is 17.9 Å². The Balaban J connectivity index is 2.17. The molecule has 1 aliphatic heterocycles. The summed E-state index contributed by atoms with van der Waals surface area (Å²) in [4.78, 5) is 0. The van der Waals surface area contributed by atoms with Gasteiger partial charge in [0.1, 0.15) is 0 Å². The van der Waals surface area contributed by atoms with E-state index in [4.69, 9.17) is 10.5 Å². The van der Waals surface area contributed by atoms with Gasteiger partial charge in [-0.1, -0.05) is 0 Å². The van der Waals surface area contributed by atoms with Crippen LogP contribution in [-0.2, 0) is 21.3 Å². The van der Waals surface area contributed by atoms with Gasteiger partial charge in [-0.25, -0.2) is 13.1 Å². The molecule has 108 valence electrons. The molecule has 8 heteroatoms. The molecule has 0 bridgehead atoms. The normalized spacial score (nSPS) is 21.7. The number of nitrogens with zero attached hydrogens (tertiary/aromatic N) is 1. The molecule has 2 heterocycles. The maximum atomic E-state index is 12.3. The molecule has 2 rings (SSSR count). The fourth-order valence-electron chi connectivity index (χ4n) is 2.27. The third-order valence-electron chi connectivity index (χ3n) is 3.36. The zero-order valence-corrected chi connectivity index (χ0v) is 12.0. The van der Waals surface area contributed by atoms with Crippen molar-refractivity contribution in [3.63, 3.8) is 0 Å². The summed E-state index contributed by atoms with van der Waals surface area (Å²) in [5.74, 6) is 0. The second-order valence-electron chi connectivity index (χ2n) is 4.80. The van der Waals surface area contributed by atoms with Gasteiger partial charge >= 0.3 is 0 Å². The molecule has 1 saturated heterocycles. The fourth-order valence-corrected chi connectivity index (χ4v) is 3.75. The highest BCUT2D eigenvalue weighted by Gasteiger charge is 2.29. The summed E-state index contributed by atoms with van der Waals surface area (Å²) < 4.78 is 32.7. The molecule has 2 atom stereocenters. The molecule has 19 heavy (non-hydrogen) atoms. The van der Waals surface area contributed by atoms with Gasteiger partial charge in [0.05, 0.1) is 6.10 Å². The van der Waals surface area contributed by atoms with E-state index in [1.54, 1.807) is 13.8 Å². The van der Waals surface area contributed by atoms with Crippen molar-refractivity contribution in [3.05, 3.63) is 11.3 Å². The summed E-state index contributed by atoms with van der Waals surface area (Å²) in [6.07, 6.45) is 1.76. The molecular weight excluding hydrogens is 268 g/mol. The van der Waals surface area contributed by atoms with Crippen LogP contribution in [0.3, 0.4) is 0 Å². The van der Waals surface area contributed by atoms with Gasteiger partial charge < -0.3 is 10.5 Å². The van der Waals surface area contributed by atoms with Crippen LogP contribution in [-0.4, -0.2) is 37.4 Å². The molecule has 0 radical (unpaired) electrons. The number of nitrogens with one attached hydrogen (secondary N) is 2. The smallest absolute Gasteiger partial charge is 0.260 e. The van der Waals surface area contributed by atoms with Crippen LogP contribution < -0.4 is 10.5 Å². The van der Waals surface area contributed by atoms with E-state index in [2.05, 4.69) is 14.9 Å².